The normalized spacial score (nSPS) is 9.73. The van der Waals surface area contributed by atoms with Crippen molar-refractivity contribution in [3.8, 4) is 0 Å². The van der Waals surface area contributed by atoms with E-state index in [1.54, 1.807) is 26.4 Å². The van der Waals surface area contributed by atoms with E-state index in [0.29, 0.717) is 18.7 Å². The van der Waals surface area contributed by atoms with Crippen molar-refractivity contribution in [3.05, 3.63) is 24.0 Å². The van der Waals surface area contributed by atoms with Crippen LogP contribution in [0, 0.1) is 0 Å². The second-order valence-corrected chi connectivity index (χ2v) is 2.92. The number of amides is 1. The second kappa shape index (κ2) is 5.98. The molecule has 1 rings (SSSR count). The average Bonchev–Trinajstić information content (AvgIpc) is 2.29. The first kappa shape index (κ1) is 11.5. The summed E-state index contributed by atoms with van der Waals surface area (Å²) in [6.45, 7) is 1.25. The fraction of sp³-hybridized carbons (Fsp3) is 0.400. The van der Waals surface area contributed by atoms with Crippen molar-refractivity contribution >= 4 is 11.6 Å². The topological polar surface area (TPSA) is 63.2 Å². The highest BCUT2D eigenvalue weighted by molar-refractivity contribution is 5.99. The van der Waals surface area contributed by atoms with Gasteiger partial charge in [-0.05, 0) is 6.07 Å². The lowest BCUT2D eigenvalue weighted by Gasteiger charge is -2.09. The Labute approximate surface area is 88.9 Å². The number of carbonyl (C=O) groups is 1. The van der Waals surface area contributed by atoms with Crippen LogP contribution in [0.15, 0.2) is 18.5 Å². The van der Waals surface area contributed by atoms with Gasteiger partial charge in [-0.3, -0.25) is 9.78 Å². The zero-order valence-corrected chi connectivity index (χ0v) is 8.91. The van der Waals surface area contributed by atoms with Gasteiger partial charge in [0, 0.05) is 33.1 Å². The molecule has 1 aromatic heterocycles. The van der Waals surface area contributed by atoms with Crippen molar-refractivity contribution in [1.29, 1.82) is 0 Å². The number of anilines is 1. The smallest absolute Gasteiger partial charge is 0.254 e. The second-order valence-electron chi connectivity index (χ2n) is 2.92. The van der Waals surface area contributed by atoms with E-state index in [4.69, 9.17) is 4.74 Å². The molecule has 82 valence electrons. The minimum absolute atomic E-state index is 0.150. The lowest BCUT2D eigenvalue weighted by molar-refractivity contribution is 0.0963. The Morgan fingerprint density at radius 1 is 1.60 bits per heavy atom. The molecule has 0 saturated heterocycles. The molecule has 0 spiro atoms. The third-order valence-corrected chi connectivity index (χ3v) is 1.91. The number of nitrogens with zero attached hydrogens (tertiary/aromatic N) is 1. The highest BCUT2D eigenvalue weighted by atomic mass is 16.5. The van der Waals surface area contributed by atoms with E-state index in [9.17, 15) is 4.79 Å². The van der Waals surface area contributed by atoms with Gasteiger partial charge in [0.2, 0.25) is 0 Å². The Balaban J connectivity index is 2.73. The molecular weight excluding hydrogens is 194 g/mol. The van der Waals surface area contributed by atoms with Crippen LogP contribution in [0.4, 0.5) is 5.69 Å². The molecule has 0 radical (unpaired) electrons. The van der Waals surface area contributed by atoms with E-state index in [0.717, 1.165) is 5.69 Å². The molecule has 1 heterocycles. The monoisotopic (exact) mass is 209 g/mol. The Hall–Kier alpha value is -1.62. The van der Waals surface area contributed by atoms with Crippen LogP contribution in [-0.2, 0) is 4.74 Å². The lowest BCUT2D eigenvalue weighted by atomic mass is 10.2. The third-order valence-electron chi connectivity index (χ3n) is 1.91. The van der Waals surface area contributed by atoms with Crippen LogP contribution in [0.3, 0.4) is 0 Å². The van der Waals surface area contributed by atoms with Crippen LogP contribution in [-0.4, -0.2) is 38.2 Å². The van der Waals surface area contributed by atoms with Crippen LogP contribution >= 0.6 is 0 Å². The zero-order valence-electron chi connectivity index (χ0n) is 8.91. The largest absolute Gasteiger partial charge is 0.383 e. The van der Waals surface area contributed by atoms with E-state index < -0.39 is 0 Å². The number of methoxy groups -OCH3 is 1. The van der Waals surface area contributed by atoms with Gasteiger partial charge in [0.1, 0.15) is 0 Å². The first-order chi connectivity index (χ1) is 7.29. The first-order valence-electron chi connectivity index (χ1n) is 4.68. The van der Waals surface area contributed by atoms with Gasteiger partial charge in [0.05, 0.1) is 17.9 Å². The Morgan fingerprint density at radius 2 is 2.40 bits per heavy atom. The van der Waals surface area contributed by atoms with Crippen LogP contribution < -0.4 is 10.6 Å². The number of ether oxygens (including phenoxy) is 1. The van der Waals surface area contributed by atoms with Gasteiger partial charge >= 0.3 is 0 Å². The number of aromatic nitrogens is 1. The van der Waals surface area contributed by atoms with E-state index >= 15 is 0 Å². The van der Waals surface area contributed by atoms with Gasteiger partial charge in [-0.15, -0.1) is 0 Å². The highest BCUT2D eigenvalue weighted by Crippen LogP contribution is 2.12. The van der Waals surface area contributed by atoms with E-state index in [1.807, 2.05) is 0 Å². The van der Waals surface area contributed by atoms with Crippen molar-refractivity contribution in [3.63, 3.8) is 0 Å². The summed E-state index contributed by atoms with van der Waals surface area (Å²) in [5.74, 6) is -0.150. The Kier molecular flexibility index (Phi) is 4.56. The van der Waals surface area contributed by atoms with Crippen molar-refractivity contribution in [2.24, 2.45) is 0 Å². The first-order valence-corrected chi connectivity index (χ1v) is 4.68. The highest BCUT2D eigenvalue weighted by Gasteiger charge is 2.08. The Morgan fingerprint density at radius 3 is 3.07 bits per heavy atom. The van der Waals surface area contributed by atoms with Crippen LogP contribution in [0.1, 0.15) is 10.4 Å². The fourth-order valence-electron chi connectivity index (χ4n) is 1.15. The number of rotatable bonds is 5. The SMILES string of the molecule is CNC(=O)c1cnccc1NCCOC. The van der Waals surface area contributed by atoms with Crippen molar-refractivity contribution in [2.75, 3.05) is 32.6 Å². The molecule has 0 aromatic carbocycles. The predicted molar refractivity (Wildman–Crippen MR) is 58.0 cm³/mol. The summed E-state index contributed by atoms with van der Waals surface area (Å²) in [4.78, 5) is 15.4. The third kappa shape index (κ3) is 3.21. The molecule has 0 atom stereocenters. The molecule has 0 aliphatic carbocycles. The minimum Gasteiger partial charge on any atom is -0.383 e. The van der Waals surface area contributed by atoms with Crippen molar-refractivity contribution < 1.29 is 9.53 Å². The van der Waals surface area contributed by atoms with E-state index in [2.05, 4.69) is 15.6 Å². The van der Waals surface area contributed by atoms with Crippen LogP contribution in [0.25, 0.3) is 0 Å². The van der Waals surface area contributed by atoms with Crippen molar-refractivity contribution in [2.45, 2.75) is 0 Å². The van der Waals surface area contributed by atoms with Gasteiger partial charge < -0.3 is 15.4 Å². The van der Waals surface area contributed by atoms with E-state index in [-0.39, 0.29) is 5.91 Å². The van der Waals surface area contributed by atoms with Crippen LogP contribution in [0.2, 0.25) is 0 Å². The van der Waals surface area contributed by atoms with Gasteiger partial charge in [0.25, 0.3) is 5.91 Å². The standard InChI is InChI=1S/C10H15N3O2/c1-11-10(14)8-7-12-4-3-9(8)13-5-6-15-2/h3-4,7H,5-6H2,1-2H3,(H,11,14)(H,12,13). The molecule has 0 aliphatic rings. The van der Waals surface area contributed by atoms with Gasteiger partial charge in [-0.2, -0.15) is 0 Å². The molecule has 5 nitrogen and oxygen atoms in total. The fourth-order valence-corrected chi connectivity index (χ4v) is 1.15. The maximum Gasteiger partial charge on any atom is 0.254 e. The molecule has 15 heavy (non-hydrogen) atoms. The molecule has 0 fully saturated rings. The average molecular weight is 209 g/mol. The maximum atomic E-state index is 11.4. The molecule has 5 heteroatoms. The van der Waals surface area contributed by atoms with Gasteiger partial charge in [-0.25, -0.2) is 0 Å². The summed E-state index contributed by atoms with van der Waals surface area (Å²) in [7, 11) is 3.22. The minimum atomic E-state index is -0.150. The summed E-state index contributed by atoms with van der Waals surface area (Å²) in [6.07, 6.45) is 3.18. The van der Waals surface area contributed by atoms with Gasteiger partial charge in [0.15, 0.2) is 0 Å². The molecule has 0 aliphatic heterocycles. The molecule has 0 bridgehead atoms. The molecule has 0 unspecified atom stereocenters. The van der Waals surface area contributed by atoms with Crippen LogP contribution in [0.5, 0.6) is 0 Å². The maximum absolute atomic E-state index is 11.4. The number of pyridine rings is 1. The summed E-state index contributed by atoms with van der Waals surface area (Å²) < 4.78 is 4.91. The lowest BCUT2D eigenvalue weighted by Crippen LogP contribution is -2.20. The Bertz CT molecular complexity index is 328. The summed E-state index contributed by atoms with van der Waals surface area (Å²) in [5.41, 5.74) is 1.30. The van der Waals surface area contributed by atoms with Gasteiger partial charge in [-0.1, -0.05) is 0 Å². The molecule has 1 amide bonds. The zero-order chi connectivity index (χ0) is 11.1. The number of nitrogens with one attached hydrogen (secondary N) is 2. The number of carbonyl (C=O) groups excluding carboxylic acids is 1. The molecule has 0 saturated carbocycles. The number of hydrogen-bond acceptors (Lipinski definition) is 4. The summed E-state index contributed by atoms with van der Waals surface area (Å²) in [6, 6.07) is 1.76. The molecular formula is C10H15N3O2. The summed E-state index contributed by atoms with van der Waals surface area (Å²) in [5, 5.41) is 5.67. The summed E-state index contributed by atoms with van der Waals surface area (Å²) >= 11 is 0. The predicted octanol–water partition coefficient (Wildman–Crippen LogP) is 0.499. The number of hydrogen-bond donors (Lipinski definition) is 2. The van der Waals surface area contributed by atoms with E-state index in [1.165, 1.54) is 6.20 Å². The molecule has 2 N–H and O–H groups in total. The molecule has 1 aromatic rings. The van der Waals surface area contributed by atoms with Crippen molar-refractivity contribution in [1.82, 2.24) is 10.3 Å². The quantitative estimate of drug-likeness (QED) is 0.693.